The number of ether oxygens (including phenoxy) is 1. The fraction of sp³-hybridized carbons (Fsp3) is 0.769. The normalized spacial score (nSPS) is 13.6. The van der Waals surface area contributed by atoms with E-state index in [2.05, 4.69) is 5.32 Å². The Kier molecular flexibility index (Phi) is 5.53. The Morgan fingerprint density at radius 1 is 1.11 bits per heavy atom. The predicted octanol–water partition coefficient (Wildman–Crippen LogP) is 1.97. The molecule has 19 heavy (non-hydrogen) atoms. The summed E-state index contributed by atoms with van der Waals surface area (Å²) >= 11 is 0. The highest BCUT2D eigenvalue weighted by molar-refractivity contribution is 5.90. The molecule has 0 aliphatic rings. The molecule has 2 N–H and O–H groups in total. The summed E-state index contributed by atoms with van der Waals surface area (Å²) in [6, 6.07) is -1.28. The van der Waals surface area contributed by atoms with Crippen molar-refractivity contribution >= 4 is 17.8 Å². The third-order valence-electron chi connectivity index (χ3n) is 2.22. The molecule has 0 aromatic carbocycles. The number of carbonyl (C=O) groups excluding carboxylic acids is 2. The largest absolute Gasteiger partial charge is 0.480 e. The molecule has 110 valence electrons. The van der Waals surface area contributed by atoms with Crippen LogP contribution in [0.3, 0.4) is 0 Å². The maximum Gasteiger partial charge on any atom is 0.408 e. The van der Waals surface area contributed by atoms with E-state index in [1.54, 1.807) is 41.5 Å². The van der Waals surface area contributed by atoms with Crippen molar-refractivity contribution in [3.05, 3.63) is 0 Å². The minimum absolute atomic E-state index is 0.240. The van der Waals surface area contributed by atoms with Gasteiger partial charge in [-0.15, -0.1) is 0 Å². The van der Waals surface area contributed by atoms with Crippen LogP contribution in [0.4, 0.5) is 4.79 Å². The maximum absolute atomic E-state index is 11.8. The zero-order valence-corrected chi connectivity index (χ0v) is 12.4. The molecule has 0 heterocycles. The fourth-order valence-electron chi connectivity index (χ4n) is 1.14. The first-order valence-electron chi connectivity index (χ1n) is 6.08. The molecule has 0 spiro atoms. The van der Waals surface area contributed by atoms with Gasteiger partial charge in [0.05, 0.1) is 0 Å². The number of carboxylic acid groups (broad SMARTS) is 1. The fourth-order valence-corrected chi connectivity index (χ4v) is 1.14. The number of carboxylic acids is 1. The van der Waals surface area contributed by atoms with Crippen LogP contribution < -0.4 is 5.32 Å². The van der Waals surface area contributed by atoms with Crippen LogP contribution in [0.25, 0.3) is 0 Å². The van der Waals surface area contributed by atoms with E-state index >= 15 is 0 Å². The van der Waals surface area contributed by atoms with Gasteiger partial charge in [0.15, 0.2) is 0 Å². The van der Waals surface area contributed by atoms with Crippen molar-refractivity contribution in [1.82, 2.24) is 5.32 Å². The Bertz CT molecular complexity index is 362. The average Bonchev–Trinajstić information content (AvgIpc) is 2.11. The first-order chi connectivity index (χ1) is 8.33. The van der Waals surface area contributed by atoms with Gasteiger partial charge in [-0.2, -0.15) is 0 Å². The molecule has 0 aromatic rings. The van der Waals surface area contributed by atoms with Crippen LogP contribution in [0.5, 0.6) is 0 Å². The Morgan fingerprint density at radius 2 is 1.58 bits per heavy atom. The lowest BCUT2D eigenvalue weighted by atomic mass is 9.87. The van der Waals surface area contributed by atoms with Crippen LogP contribution in [0.1, 0.15) is 48.0 Å². The van der Waals surface area contributed by atoms with Crippen LogP contribution in [-0.4, -0.2) is 34.6 Å². The molecule has 0 aliphatic heterocycles. The highest BCUT2D eigenvalue weighted by atomic mass is 16.6. The quantitative estimate of drug-likeness (QED) is 0.816. The van der Waals surface area contributed by atoms with Gasteiger partial charge in [-0.3, -0.25) is 4.79 Å². The summed E-state index contributed by atoms with van der Waals surface area (Å²) in [6.45, 7) is 10.1. The molecule has 6 heteroatoms. The monoisotopic (exact) mass is 273 g/mol. The molecular weight excluding hydrogens is 250 g/mol. The number of carbonyl (C=O) groups is 3. The minimum atomic E-state index is -1.28. The standard InChI is InChI=1S/C13H23NO5/c1-12(2,3)9(15)7-8(10(16)17)14-11(18)19-13(4,5)6/h8H,7H2,1-6H3,(H,14,18)(H,16,17)/t8-/m0/s1. The van der Waals surface area contributed by atoms with Gasteiger partial charge in [-0.25, -0.2) is 9.59 Å². The summed E-state index contributed by atoms with van der Waals surface area (Å²) in [5.41, 5.74) is -1.37. The summed E-state index contributed by atoms with van der Waals surface area (Å²) in [4.78, 5) is 34.3. The zero-order chi connectivity index (χ0) is 15.4. The number of nitrogens with one attached hydrogen (secondary N) is 1. The van der Waals surface area contributed by atoms with Crippen LogP contribution >= 0.6 is 0 Å². The predicted molar refractivity (Wildman–Crippen MR) is 69.9 cm³/mol. The number of hydrogen-bond donors (Lipinski definition) is 2. The second kappa shape index (κ2) is 6.04. The SMILES string of the molecule is CC(C)(C)OC(=O)N[C@@H](CC(=O)C(C)(C)C)C(=O)O. The van der Waals surface area contributed by atoms with Crippen molar-refractivity contribution in [2.75, 3.05) is 0 Å². The van der Waals surface area contributed by atoms with Crippen molar-refractivity contribution in [1.29, 1.82) is 0 Å². The van der Waals surface area contributed by atoms with Gasteiger partial charge in [0.2, 0.25) is 0 Å². The van der Waals surface area contributed by atoms with Gasteiger partial charge >= 0.3 is 12.1 Å². The van der Waals surface area contributed by atoms with E-state index in [1.165, 1.54) is 0 Å². The van der Waals surface area contributed by atoms with Crippen molar-refractivity contribution in [2.24, 2.45) is 5.41 Å². The number of aliphatic carboxylic acids is 1. The van der Waals surface area contributed by atoms with E-state index in [0.29, 0.717) is 0 Å². The van der Waals surface area contributed by atoms with E-state index in [1.807, 2.05) is 0 Å². The second-order valence-corrected chi connectivity index (χ2v) is 6.41. The Hall–Kier alpha value is -1.59. The van der Waals surface area contributed by atoms with Gasteiger partial charge in [0, 0.05) is 11.8 Å². The van der Waals surface area contributed by atoms with Gasteiger partial charge in [-0.1, -0.05) is 20.8 Å². The van der Waals surface area contributed by atoms with E-state index in [-0.39, 0.29) is 12.2 Å². The van der Waals surface area contributed by atoms with Crippen LogP contribution in [0.15, 0.2) is 0 Å². The van der Waals surface area contributed by atoms with Crippen LogP contribution in [0.2, 0.25) is 0 Å². The molecular formula is C13H23NO5. The lowest BCUT2D eigenvalue weighted by Gasteiger charge is -2.23. The number of ketones is 1. The number of rotatable bonds is 4. The van der Waals surface area contributed by atoms with Gasteiger partial charge in [0.25, 0.3) is 0 Å². The molecule has 0 aromatic heterocycles. The molecule has 0 fully saturated rings. The highest BCUT2D eigenvalue weighted by Gasteiger charge is 2.30. The number of alkyl carbamates (subject to hydrolysis) is 1. The number of Topliss-reactive ketones (excluding diaryl/α,β-unsaturated/α-hetero) is 1. The smallest absolute Gasteiger partial charge is 0.408 e. The topological polar surface area (TPSA) is 92.7 Å². The number of hydrogen-bond acceptors (Lipinski definition) is 4. The maximum atomic E-state index is 11.8. The third kappa shape index (κ3) is 7.43. The third-order valence-corrected chi connectivity index (χ3v) is 2.22. The van der Waals surface area contributed by atoms with Crippen molar-refractivity contribution in [3.8, 4) is 0 Å². The summed E-state index contributed by atoms with van der Waals surface area (Å²) in [6.07, 6.45) is -1.11. The Labute approximate surface area is 113 Å². The molecule has 0 aliphatic carbocycles. The van der Waals surface area contributed by atoms with E-state index < -0.39 is 29.1 Å². The van der Waals surface area contributed by atoms with E-state index in [0.717, 1.165) is 0 Å². The Morgan fingerprint density at radius 3 is 1.89 bits per heavy atom. The molecule has 1 amide bonds. The molecule has 0 radical (unpaired) electrons. The van der Waals surface area contributed by atoms with Crippen LogP contribution in [-0.2, 0) is 14.3 Å². The summed E-state index contributed by atoms with van der Waals surface area (Å²) in [5.74, 6) is -1.50. The second-order valence-electron chi connectivity index (χ2n) is 6.41. The van der Waals surface area contributed by atoms with Crippen molar-refractivity contribution < 1.29 is 24.2 Å². The van der Waals surface area contributed by atoms with Crippen molar-refractivity contribution in [2.45, 2.75) is 59.6 Å². The highest BCUT2D eigenvalue weighted by Crippen LogP contribution is 2.18. The molecule has 0 unspecified atom stereocenters. The van der Waals surface area contributed by atoms with Gasteiger partial charge < -0.3 is 15.2 Å². The molecule has 6 nitrogen and oxygen atoms in total. The van der Waals surface area contributed by atoms with Crippen LogP contribution in [0, 0.1) is 5.41 Å². The Balaban J connectivity index is 4.65. The summed E-state index contributed by atoms with van der Waals surface area (Å²) in [5, 5.41) is 11.2. The number of amides is 1. The molecule has 0 saturated heterocycles. The first kappa shape index (κ1) is 17.4. The van der Waals surface area contributed by atoms with E-state index in [4.69, 9.17) is 9.84 Å². The van der Waals surface area contributed by atoms with Crippen molar-refractivity contribution in [3.63, 3.8) is 0 Å². The molecule has 0 rings (SSSR count). The lowest BCUT2D eigenvalue weighted by Crippen LogP contribution is -2.45. The lowest BCUT2D eigenvalue weighted by molar-refractivity contribution is -0.142. The summed E-state index contributed by atoms with van der Waals surface area (Å²) < 4.78 is 4.96. The molecule has 1 atom stereocenters. The first-order valence-corrected chi connectivity index (χ1v) is 6.08. The van der Waals surface area contributed by atoms with Gasteiger partial charge in [-0.05, 0) is 20.8 Å². The average molecular weight is 273 g/mol. The van der Waals surface area contributed by atoms with E-state index in [9.17, 15) is 14.4 Å². The molecule has 0 bridgehead atoms. The minimum Gasteiger partial charge on any atom is -0.480 e. The zero-order valence-electron chi connectivity index (χ0n) is 12.4. The van der Waals surface area contributed by atoms with Gasteiger partial charge in [0.1, 0.15) is 17.4 Å². The molecule has 0 saturated carbocycles. The summed E-state index contributed by atoms with van der Waals surface area (Å²) in [7, 11) is 0.